The quantitative estimate of drug-likeness (QED) is 0.460. The molecule has 1 aliphatic heterocycles. The second-order valence-electron chi connectivity index (χ2n) is 3.04. The van der Waals surface area contributed by atoms with Gasteiger partial charge in [-0.1, -0.05) is 0 Å². The molecule has 0 aromatic rings. The highest BCUT2D eigenvalue weighted by atomic mass is 16.5. The van der Waals surface area contributed by atoms with Crippen LogP contribution in [0.2, 0.25) is 0 Å². The maximum atomic E-state index is 5.44. The van der Waals surface area contributed by atoms with Gasteiger partial charge in [-0.25, -0.2) is 0 Å². The molecule has 46 valence electrons. The molecule has 2 fully saturated rings. The zero-order chi connectivity index (χ0) is 5.56. The third-order valence-electron chi connectivity index (χ3n) is 2.65. The molecule has 0 aromatic heterocycles. The first kappa shape index (κ1) is 4.80. The van der Waals surface area contributed by atoms with E-state index in [1.807, 2.05) is 0 Å². The lowest BCUT2D eigenvalue weighted by atomic mass is 9.74. The van der Waals surface area contributed by atoms with Gasteiger partial charge in [0.15, 0.2) is 0 Å². The molecule has 1 aliphatic carbocycles. The van der Waals surface area contributed by atoms with E-state index in [9.17, 15) is 0 Å². The van der Waals surface area contributed by atoms with E-state index in [2.05, 4.69) is 6.92 Å². The number of hydrogen-bond acceptors (Lipinski definition) is 1. The largest absolute Gasteiger partial charge is 0.378 e. The van der Waals surface area contributed by atoms with Crippen LogP contribution in [-0.2, 0) is 4.74 Å². The van der Waals surface area contributed by atoms with Crippen molar-refractivity contribution in [3.8, 4) is 0 Å². The van der Waals surface area contributed by atoms with Gasteiger partial charge in [0, 0.05) is 0 Å². The van der Waals surface area contributed by atoms with Crippen molar-refractivity contribution in [3.05, 3.63) is 0 Å². The highest BCUT2D eigenvalue weighted by Crippen LogP contribution is 2.42. The van der Waals surface area contributed by atoms with Crippen LogP contribution < -0.4 is 0 Å². The average molecular weight is 112 g/mol. The topological polar surface area (TPSA) is 9.23 Å². The number of rotatable bonds is 0. The summed E-state index contributed by atoms with van der Waals surface area (Å²) in [6, 6.07) is 0. The van der Waals surface area contributed by atoms with Crippen LogP contribution in [0.25, 0.3) is 0 Å². The molecule has 1 saturated heterocycles. The summed E-state index contributed by atoms with van der Waals surface area (Å²) in [5, 5.41) is 0. The minimum absolute atomic E-state index is 0.578. The second kappa shape index (κ2) is 1.47. The zero-order valence-corrected chi connectivity index (χ0v) is 5.26. The standard InChI is InChI=1S/C7H12O/c1-5-7-3-2-6(7)4-8-5/h5-7H,2-4H2,1H3/t5-,6+,7-/m1/s1. The molecule has 1 nitrogen and oxygen atoms in total. The van der Waals surface area contributed by atoms with E-state index in [0.717, 1.165) is 18.4 Å². The molecule has 0 radical (unpaired) electrons. The Kier molecular flexibility index (Phi) is 0.884. The Morgan fingerprint density at radius 1 is 1.38 bits per heavy atom. The van der Waals surface area contributed by atoms with E-state index in [1.165, 1.54) is 12.8 Å². The van der Waals surface area contributed by atoms with E-state index in [0.29, 0.717) is 6.10 Å². The van der Waals surface area contributed by atoms with Gasteiger partial charge in [0.05, 0.1) is 12.7 Å². The van der Waals surface area contributed by atoms with Crippen LogP contribution in [0.1, 0.15) is 19.8 Å². The summed E-state index contributed by atoms with van der Waals surface area (Å²) >= 11 is 0. The van der Waals surface area contributed by atoms with Gasteiger partial charge in [-0.3, -0.25) is 0 Å². The summed E-state index contributed by atoms with van der Waals surface area (Å²) in [5.41, 5.74) is 0. The summed E-state index contributed by atoms with van der Waals surface area (Å²) in [6.07, 6.45) is 3.43. The Balaban J connectivity index is 2.05. The fourth-order valence-electron chi connectivity index (χ4n) is 1.82. The van der Waals surface area contributed by atoms with E-state index in [1.54, 1.807) is 0 Å². The van der Waals surface area contributed by atoms with Crippen molar-refractivity contribution in [2.75, 3.05) is 6.61 Å². The molecule has 1 heteroatoms. The Bertz CT molecular complexity index is 94.6. The number of ether oxygens (including phenoxy) is 1. The van der Waals surface area contributed by atoms with Gasteiger partial charge in [0.1, 0.15) is 0 Å². The van der Waals surface area contributed by atoms with Gasteiger partial charge in [-0.05, 0) is 31.6 Å². The van der Waals surface area contributed by atoms with Crippen molar-refractivity contribution >= 4 is 0 Å². The minimum atomic E-state index is 0.578. The normalized spacial score (nSPS) is 52.9. The SMILES string of the molecule is C[C@H]1OC[C@@H]2CC[C@@H]21. The van der Waals surface area contributed by atoms with Gasteiger partial charge >= 0.3 is 0 Å². The van der Waals surface area contributed by atoms with Gasteiger partial charge in [-0.2, -0.15) is 0 Å². The fourth-order valence-corrected chi connectivity index (χ4v) is 1.82. The van der Waals surface area contributed by atoms with Crippen molar-refractivity contribution in [2.45, 2.75) is 25.9 Å². The summed E-state index contributed by atoms with van der Waals surface area (Å²) < 4.78 is 5.44. The van der Waals surface area contributed by atoms with E-state index < -0.39 is 0 Å². The van der Waals surface area contributed by atoms with Crippen molar-refractivity contribution in [1.82, 2.24) is 0 Å². The van der Waals surface area contributed by atoms with Crippen LogP contribution in [0.3, 0.4) is 0 Å². The molecule has 2 aliphatic rings. The molecular weight excluding hydrogens is 100 g/mol. The van der Waals surface area contributed by atoms with Crippen LogP contribution in [-0.4, -0.2) is 12.7 Å². The lowest BCUT2D eigenvalue weighted by Crippen LogP contribution is -2.27. The lowest BCUT2D eigenvalue weighted by Gasteiger charge is -2.29. The summed E-state index contributed by atoms with van der Waals surface area (Å²) in [4.78, 5) is 0. The minimum Gasteiger partial charge on any atom is -0.378 e. The molecule has 8 heavy (non-hydrogen) atoms. The van der Waals surface area contributed by atoms with Crippen LogP contribution >= 0.6 is 0 Å². The Hall–Kier alpha value is -0.0400. The molecule has 0 bridgehead atoms. The smallest absolute Gasteiger partial charge is 0.0578 e. The van der Waals surface area contributed by atoms with Gasteiger partial charge < -0.3 is 4.74 Å². The van der Waals surface area contributed by atoms with Crippen LogP contribution in [0, 0.1) is 11.8 Å². The molecular formula is C7H12O. The van der Waals surface area contributed by atoms with Crippen LogP contribution in [0.4, 0.5) is 0 Å². The Labute approximate surface area is 50.0 Å². The third kappa shape index (κ3) is 0.455. The Morgan fingerprint density at radius 3 is 2.50 bits per heavy atom. The molecule has 2 rings (SSSR count). The van der Waals surface area contributed by atoms with E-state index in [-0.39, 0.29) is 0 Å². The van der Waals surface area contributed by atoms with E-state index in [4.69, 9.17) is 4.74 Å². The molecule has 0 aromatic carbocycles. The molecule has 0 unspecified atom stereocenters. The van der Waals surface area contributed by atoms with Crippen molar-refractivity contribution < 1.29 is 4.74 Å². The highest BCUT2D eigenvalue weighted by molar-refractivity contribution is 4.89. The predicted octanol–water partition coefficient (Wildman–Crippen LogP) is 1.43. The van der Waals surface area contributed by atoms with Crippen LogP contribution in [0.15, 0.2) is 0 Å². The van der Waals surface area contributed by atoms with Gasteiger partial charge in [0.2, 0.25) is 0 Å². The highest BCUT2D eigenvalue weighted by Gasteiger charge is 2.40. The molecule has 0 spiro atoms. The van der Waals surface area contributed by atoms with Crippen molar-refractivity contribution in [2.24, 2.45) is 11.8 Å². The summed E-state index contributed by atoms with van der Waals surface area (Å²) in [5.74, 6) is 1.89. The van der Waals surface area contributed by atoms with Crippen molar-refractivity contribution in [3.63, 3.8) is 0 Å². The second-order valence-corrected chi connectivity index (χ2v) is 3.04. The molecule has 1 saturated carbocycles. The molecule has 3 atom stereocenters. The Morgan fingerprint density at radius 2 is 2.25 bits per heavy atom. The third-order valence-corrected chi connectivity index (χ3v) is 2.65. The first-order chi connectivity index (χ1) is 3.88. The fraction of sp³-hybridized carbons (Fsp3) is 1.00. The molecule has 0 amide bonds. The zero-order valence-electron chi connectivity index (χ0n) is 5.26. The van der Waals surface area contributed by atoms with Crippen molar-refractivity contribution in [1.29, 1.82) is 0 Å². The maximum absolute atomic E-state index is 5.44. The number of hydrogen-bond donors (Lipinski definition) is 0. The maximum Gasteiger partial charge on any atom is 0.0578 e. The van der Waals surface area contributed by atoms with Gasteiger partial charge in [-0.15, -0.1) is 0 Å². The lowest BCUT2D eigenvalue weighted by molar-refractivity contribution is 0.105. The molecule has 1 heterocycles. The average Bonchev–Trinajstić information content (AvgIpc) is 1.80. The van der Waals surface area contributed by atoms with Gasteiger partial charge in [0.25, 0.3) is 0 Å². The number of fused-ring (bicyclic) bond motifs is 1. The first-order valence-electron chi connectivity index (χ1n) is 3.49. The van der Waals surface area contributed by atoms with E-state index >= 15 is 0 Å². The molecule has 0 N–H and O–H groups in total. The first-order valence-corrected chi connectivity index (χ1v) is 3.49. The summed E-state index contributed by atoms with van der Waals surface area (Å²) in [7, 11) is 0. The van der Waals surface area contributed by atoms with Crippen LogP contribution in [0.5, 0.6) is 0 Å². The predicted molar refractivity (Wildman–Crippen MR) is 31.6 cm³/mol. The summed E-state index contributed by atoms with van der Waals surface area (Å²) in [6.45, 7) is 3.25. The monoisotopic (exact) mass is 112 g/mol.